The molecular formula is C12H14FNO3S. The maximum Gasteiger partial charge on any atom is 0.245 e. The highest BCUT2D eigenvalue weighted by atomic mass is 32.2. The Morgan fingerprint density at radius 1 is 1.22 bits per heavy atom. The van der Waals surface area contributed by atoms with Crippen LogP contribution in [-0.2, 0) is 14.8 Å². The lowest BCUT2D eigenvalue weighted by molar-refractivity contribution is -0.112. The summed E-state index contributed by atoms with van der Waals surface area (Å²) in [6, 6.07) is 5.34. The van der Waals surface area contributed by atoms with E-state index in [1.54, 1.807) is 0 Å². The van der Waals surface area contributed by atoms with Crippen LogP contribution in [0.1, 0.15) is 12.8 Å². The minimum Gasteiger partial charge on any atom is -0.303 e. The first-order valence-electron chi connectivity index (χ1n) is 5.75. The Balaban J connectivity index is 2.23. The molecule has 0 aromatic heterocycles. The summed E-state index contributed by atoms with van der Waals surface area (Å²) in [5.41, 5.74) is 0. The maximum absolute atomic E-state index is 13.5. The van der Waals surface area contributed by atoms with E-state index < -0.39 is 15.8 Å². The van der Waals surface area contributed by atoms with Gasteiger partial charge in [-0.3, -0.25) is 0 Å². The van der Waals surface area contributed by atoms with Crippen molar-refractivity contribution in [1.29, 1.82) is 0 Å². The third-order valence-electron chi connectivity index (χ3n) is 3.15. The van der Waals surface area contributed by atoms with Crippen LogP contribution in [0.2, 0.25) is 0 Å². The molecule has 0 unspecified atom stereocenters. The Morgan fingerprint density at radius 3 is 2.39 bits per heavy atom. The molecule has 0 atom stereocenters. The van der Waals surface area contributed by atoms with Gasteiger partial charge in [-0.2, -0.15) is 4.31 Å². The highest BCUT2D eigenvalue weighted by molar-refractivity contribution is 7.89. The molecule has 18 heavy (non-hydrogen) atoms. The Hall–Kier alpha value is -1.27. The average molecular weight is 271 g/mol. The third kappa shape index (κ3) is 2.44. The van der Waals surface area contributed by atoms with Crippen LogP contribution >= 0.6 is 0 Å². The molecule has 1 saturated heterocycles. The second-order valence-electron chi connectivity index (χ2n) is 4.31. The van der Waals surface area contributed by atoms with Crippen molar-refractivity contribution < 1.29 is 17.6 Å². The largest absolute Gasteiger partial charge is 0.303 e. The van der Waals surface area contributed by atoms with Crippen molar-refractivity contribution >= 4 is 16.3 Å². The standard InChI is InChI=1S/C12H14FNO3S/c13-11-3-1-2-4-12(11)18(16,17)14-7-5-10(9-15)6-8-14/h1-4,9-10H,5-8H2. The fraction of sp³-hybridized carbons (Fsp3) is 0.417. The van der Waals surface area contributed by atoms with E-state index in [0.29, 0.717) is 12.8 Å². The topological polar surface area (TPSA) is 54.5 Å². The van der Waals surface area contributed by atoms with Gasteiger partial charge in [-0.15, -0.1) is 0 Å². The molecule has 1 aromatic rings. The highest BCUT2D eigenvalue weighted by Crippen LogP contribution is 2.24. The number of nitrogens with zero attached hydrogens (tertiary/aromatic N) is 1. The molecule has 1 heterocycles. The first-order chi connectivity index (χ1) is 8.55. The van der Waals surface area contributed by atoms with Crippen molar-refractivity contribution in [1.82, 2.24) is 4.31 Å². The van der Waals surface area contributed by atoms with E-state index >= 15 is 0 Å². The van der Waals surface area contributed by atoms with Crippen LogP contribution in [0.3, 0.4) is 0 Å². The summed E-state index contributed by atoms with van der Waals surface area (Å²) in [4.78, 5) is 10.3. The van der Waals surface area contributed by atoms with E-state index in [9.17, 15) is 17.6 Å². The predicted molar refractivity (Wildman–Crippen MR) is 63.9 cm³/mol. The zero-order chi connectivity index (χ0) is 13.2. The first kappa shape index (κ1) is 13.2. The summed E-state index contributed by atoms with van der Waals surface area (Å²) in [7, 11) is -3.78. The van der Waals surface area contributed by atoms with Gasteiger partial charge in [-0.05, 0) is 25.0 Å². The van der Waals surface area contributed by atoms with E-state index in [-0.39, 0.29) is 23.9 Å². The summed E-state index contributed by atoms with van der Waals surface area (Å²) in [6.07, 6.45) is 1.85. The van der Waals surface area contributed by atoms with Gasteiger partial charge in [0.15, 0.2) is 0 Å². The van der Waals surface area contributed by atoms with Crippen LogP contribution in [0.25, 0.3) is 0 Å². The van der Waals surface area contributed by atoms with Crippen molar-refractivity contribution in [2.75, 3.05) is 13.1 Å². The van der Waals surface area contributed by atoms with E-state index in [1.807, 2.05) is 0 Å². The summed E-state index contributed by atoms with van der Waals surface area (Å²) < 4.78 is 39.2. The summed E-state index contributed by atoms with van der Waals surface area (Å²) in [5, 5.41) is 0. The van der Waals surface area contributed by atoms with Crippen LogP contribution in [0.15, 0.2) is 29.2 Å². The first-order valence-corrected chi connectivity index (χ1v) is 7.19. The summed E-state index contributed by atoms with van der Waals surface area (Å²) in [6.45, 7) is 0.528. The number of hydrogen-bond donors (Lipinski definition) is 0. The fourth-order valence-corrected chi connectivity index (χ4v) is 3.58. The molecule has 0 radical (unpaired) electrons. The zero-order valence-electron chi connectivity index (χ0n) is 9.75. The predicted octanol–water partition coefficient (Wildman–Crippen LogP) is 1.43. The van der Waals surface area contributed by atoms with Crippen LogP contribution in [0.4, 0.5) is 4.39 Å². The van der Waals surface area contributed by atoms with Gasteiger partial charge >= 0.3 is 0 Å². The molecule has 2 rings (SSSR count). The lowest BCUT2D eigenvalue weighted by Gasteiger charge is -2.28. The number of hydrogen-bond acceptors (Lipinski definition) is 3. The molecule has 98 valence electrons. The van der Waals surface area contributed by atoms with Gasteiger partial charge < -0.3 is 4.79 Å². The van der Waals surface area contributed by atoms with Gasteiger partial charge in [0.1, 0.15) is 17.0 Å². The maximum atomic E-state index is 13.5. The van der Waals surface area contributed by atoms with Gasteiger partial charge in [0.05, 0.1) is 0 Å². The van der Waals surface area contributed by atoms with Crippen molar-refractivity contribution in [3.63, 3.8) is 0 Å². The van der Waals surface area contributed by atoms with Gasteiger partial charge in [-0.25, -0.2) is 12.8 Å². The van der Waals surface area contributed by atoms with E-state index in [4.69, 9.17) is 0 Å². The fourth-order valence-electron chi connectivity index (χ4n) is 2.05. The minimum absolute atomic E-state index is 0.0860. The second-order valence-corrected chi connectivity index (χ2v) is 6.21. The monoisotopic (exact) mass is 271 g/mol. The lowest BCUT2D eigenvalue weighted by Crippen LogP contribution is -2.39. The molecule has 6 heteroatoms. The smallest absolute Gasteiger partial charge is 0.245 e. The number of sulfonamides is 1. The number of carbonyl (C=O) groups excluding carboxylic acids is 1. The van der Waals surface area contributed by atoms with Crippen molar-refractivity contribution in [2.24, 2.45) is 5.92 Å². The van der Waals surface area contributed by atoms with Gasteiger partial charge in [0.25, 0.3) is 0 Å². The molecule has 1 aromatic carbocycles. The van der Waals surface area contributed by atoms with Gasteiger partial charge in [-0.1, -0.05) is 12.1 Å². The van der Waals surface area contributed by atoms with Crippen molar-refractivity contribution in [3.05, 3.63) is 30.1 Å². The molecule has 4 nitrogen and oxygen atoms in total. The van der Waals surface area contributed by atoms with Crippen LogP contribution in [-0.4, -0.2) is 32.1 Å². The summed E-state index contributed by atoms with van der Waals surface area (Å²) >= 11 is 0. The van der Waals surface area contributed by atoms with E-state index in [2.05, 4.69) is 0 Å². The third-order valence-corrected chi connectivity index (χ3v) is 5.08. The van der Waals surface area contributed by atoms with E-state index in [0.717, 1.165) is 12.4 Å². The Bertz CT molecular complexity index is 536. The zero-order valence-corrected chi connectivity index (χ0v) is 10.6. The molecule has 0 aliphatic carbocycles. The molecule has 1 aliphatic rings. The number of benzene rings is 1. The number of carbonyl (C=O) groups is 1. The van der Waals surface area contributed by atoms with Gasteiger partial charge in [0, 0.05) is 19.0 Å². The molecule has 1 fully saturated rings. The van der Waals surface area contributed by atoms with Crippen LogP contribution < -0.4 is 0 Å². The average Bonchev–Trinajstić information content (AvgIpc) is 2.39. The molecule has 0 bridgehead atoms. The molecule has 0 amide bonds. The molecule has 1 aliphatic heterocycles. The Kier molecular flexibility index (Phi) is 3.77. The van der Waals surface area contributed by atoms with Gasteiger partial charge in [0.2, 0.25) is 10.0 Å². The van der Waals surface area contributed by atoms with E-state index in [1.165, 1.54) is 22.5 Å². The van der Waals surface area contributed by atoms with Crippen LogP contribution in [0, 0.1) is 11.7 Å². The normalized spacial score (nSPS) is 18.7. The number of aldehydes is 1. The SMILES string of the molecule is O=CC1CCN(S(=O)(=O)c2ccccc2F)CC1. The molecule has 0 N–H and O–H groups in total. The van der Waals surface area contributed by atoms with Crippen LogP contribution in [0.5, 0.6) is 0 Å². The van der Waals surface area contributed by atoms with Crippen molar-refractivity contribution in [2.45, 2.75) is 17.7 Å². The second kappa shape index (κ2) is 5.16. The highest BCUT2D eigenvalue weighted by Gasteiger charge is 2.30. The quantitative estimate of drug-likeness (QED) is 0.781. The van der Waals surface area contributed by atoms with Crippen molar-refractivity contribution in [3.8, 4) is 0 Å². The molecular weight excluding hydrogens is 257 g/mol. The number of rotatable bonds is 3. The molecule has 0 saturated carbocycles. The lowest BCUT2D eigenvalue weighted by atomic mass is 10.0. The minimum atomic E-state index is -3.78. The Labute approximate surface area is 105 Å². The Morgan fingerprint density at radius 2 is 1.83 bits per heavy atom. The number of piperidine rings is 1. The molecule has 0 spiro atoms. The number of halogens is 1. The summed E-state index contributed by atoms with van der Waals surface area (Å²) in [5.74, 6) is -0.827.